The highest BCUT2D eigenvalue weighted by Gasteiger charge is 2.32. The van der Waals surface area contributed by atoms with Crippen LogP contribution in [-0.4, -0.2) is 35.6 Å². The first-order valence-electron chi connectivity index (χ1n) is 6.59. The zero-order chi connectivity index (χ0) is 13.8. The van der Waals surface area contributed by atoms with Crippen LogP contribution in [0.2, 0.25) is 0 Å². The van der Waals surface area contributed by atoms with E-state index >= 15 is 0 Å². The average molecular weight is 277 g/mol. The van der Waals surface area contributed by atoms with Crippen molar-refractivity contribution in [3.63, 3.8) is 0 Å². The van der Waals surface area contributed by atoms with Gasteiger partial charge >= 0.3 is 0 Å². The number of hydrogen-bond donors (Lipinski definition) is 1. The quantitative estimate of drug-likeness (QED) is 0.858. The average Bonchev–Trinajstić information content (AvgIpc) is 3.16. The molecule has 1 atom stereocenters. The van der Waals surface area contributed by atoms with Gasteiger partial charge in [-0.25, -0.2) is 0 Å². The first-order chi connectivity index (χ1) is 9.13. The molecule has 0 aromatic carbocycles. The molecule has 1 amide bonds. The topological polar surface area (TPSA) is 40.5 Å². The van der Waals surface area contributed by atoms with Crippen molar-refractivity contribution < 1.29 is 9.90 Å². The summed E-state index contributed by atoms with van der Waals surface area (Å²) in [5.74, 6) is 6.58. The molecule has 1 saturated carbocycles. The largest absolute Gasteiger partial charge is 0.395 e. The van der Waals surface area contributed by atoms with Gasteiger partial charge in [0, 0.05) is 24.9 Å². The van der Waals surface area contributed by atoms with Gasteiger partial charge in [-0.1, -0.05) is 11.8 Å². The molecule has 102 valence electrons. The van der Waals surface area contributed by atoms with Gasteiger partial charge in [-0.05, 0) is 31.7 Å². The molecular weight excluding hydrogens is 258 g/mol. The first kappa shape index (κ1) is 14.1. The van der Waals surface area contributed by atoms with Gasteiger partial charge < -0.3 is 10.0 Å². The molecule has 1 unspecified atom stereocenters. The summed E-state index contributed by atoms with van der Waals surface area (Å²) in [6.45, 7) is 2.19. The van der Waals surface area contributed by atoms with E-state index in [1.165, 1.54) is 24.2 Å². The van der Waals surface area contributed by atoms with E-state index in [-0.39, 0.29) is 12.5 Å². The van der Waals surface area contributed by atoms with Crippen molar-refractivity contribution in [2.75, 3.05) is 13.7 Å². The second-order valence-electron chi connectivity index (χ2n) is 4.97. The van der Waals surface area contributed by atoms with Crippen LogP contribution in [-0.2, 0) is 0 Å². The molecular formula is C15H19NO2S. The van der Waals surface area contributed by atoms with Crippen LogP contribution >= 0.6 is 11.3 Å². The number of rotatable bonds is 4. The Kier molecular flexibility index (Phi) is 4.62. The molecule has 1 fully saturated rings. The molecule has 0 radical (unpaired) electrons. The maximum atomic E-state index is 12.3. The molecule has 1 aliphatic carbocycles. The number of aliphatic hydroxyl groups excluding tert-OH is 1. The van der Waals surface area contributed by atoms with E-state index in [2.05, 4.69) is 18.8 Å². The minimum absolute atomic E-state index is 0.0749. The van der Waals surface area contributed by atoms with Gasteiger partial charge in [-0.2, -0.15) is 0 Å². The fourth-order valence-electron chi connectivity index (χ4n) is 2.00. The summed E-state index contributed by atoms with van der Waals surface area (Å²) in [6.07, 6.45) is 2.94. The second kappa shape index (κ2) is 6.23. The number of nitrogens with zero attached hydrogens (tertiary/aromatic N) is 1. The number of thiophene rings is 1. The summed E-state index contributed by atoms with van der Waals surface area (Å²) in [6, 6.07) is 2.16. The van der Waals surface area contributed by atoms with Crippen molar-refractivity contribution in [2.45, 2.75) is 32.2 Å². The van der Waals surface area contributed by atoms with Crippen molar-refractivity contribution in [2.24, 2.45) is 5.92 Å². The molecule has 1 N–H and O–H groups in total. The molecule has 0 spiro atoms. The molecule has 1 aromatic rings. The third kappa shape index (κ3) is 3.59. The Hall–Kier alpha value is -1.31. The van der Waals surface area contributed by atoms with Crippen LogP contribution < -0.4 is 0 Å². The summed E-state index contributed by atoms with van der Waals surface area (Å²) in [5.41, 5.74) is 0.716. The number of amides is 1. The van der Waals surface area contributed by atoms with E-state index in [0.29, 0.717) is 23.9 Å². The smallest absolute Gasteiger partial charge is 0.254 e. The highest BCUT2D eigenvalue weighted by molar-refractivity contribution is 7.10. The number of carbonyl (C=O) groups excluding carboxylic acids is 1. The molecule has 1 aliphatic rings. The number of carbonyl (C=O) groups is 1. The van der Waals surface area contributed by atoms with Gasteiger partial charge in [0.15, 0.2) is 0 Å². The van der Waals surface area contributed by atoms with Crippen molar-refractivity contribution in [3.05, 3.63) is 21.9 Å². The van der Waals surface area contributed by atoms with Crippen molar-refractivity contribution >= 4 is 17.2 Å². The van der Waals surface area contributed by atoms with Gasteiger partial charge in [0.1, 0.15) is 0 Å². The normalized spacial score (nSPS) is 15.5. The molecule has 4 heteroatoms. The van der Waals surface area contributed by atoms with E-state index < -0.39 is 0 Å². The highest BCUT2D eigenvalue weighted by atomic mass is 32.1. The van der Waals surface area contributed by atoms with Crippen LogP contribution in [0.25, 0.3) is 0 Å². The lowest BCUT2D eigenvalue weighted by atomic mass is 10.1. The zero-order valence-electron chi connectivity index (χ0n) is 11.3. The SMILES string of the molecule is CC(C1CC1)N(C)C(=O)c1csc(C#CCCO)c1. The Balaban J connectivity index is 2.01. The van der Waals surface area contributed by atoms with E-state index in [1.807, 2.05) is 23.4 Å². The van der Waals surface area contributed by atoms with Crippen LogP contribution in [0.3, 0.4) is 0 Å². The third-order valence-electron chi connectivity index (χ3n) is 3.53. The molecule has 2 rings (SSSR count). The minimum atomic E-state index is 0.0749. The van der Waals surface area contributed by atoms with Gasteiger partial charge in [0.05, 0.1) is 17.0 Å². The molecule has 0 saturated heterocycles. The summed E-state index contributed by atoms with van der Waals surface area (Å²) < 4.78 is 0. The monoisotopic (exact) mass is 277 g/mol. The Morgan fingerprint density at radius 3 is 3.00 bits per heavy atom. The lowest BCUT2D eigenvalue weighted by molar-refractivity contribution is 0.0728. The highest BCUT2D eigenvalue weighted by Crippen LogP contribution is 2.35. The van der Waals surface area contributed by atoms with Crippen LogP contribution in [0.1, 0.15) is 41.4 Å². The first-order valence-corrected chi connectivity index (χ1v) is 7.47. The molecule has 1 heterocycles. The Morgan fingerprint density at radius 1 is 1.63 bits per heavy atom. The van der Waals surface area contributed by atoms with Crippen LogP contribution in [0.5, 0.6) is 0 Å². The maximum Gasteiger partial charge on any atom is 0.254 e. The summed E-state index contributed by atoms with van der Waals surface area (Å²) in [4.78, 5) is 15.0. The van der Waals surface area contributed by atoms with Crippen molar-refractivity contribution in [1.29, 1.82) is 0 Å². The zero-order valence-corrected chi connectivity index (χ0v) is 12.2. The molecule has 1 aromatic heterocycles. The minimum Gasteiger partial charge on any atom is -0.395 e. The maximum absolute atomic E-state index is 12.3. The van der Waals surface area contributed by atoms with E-state index in [1.54, 1.807) is 0 Å². The number of aliphatic hydroxyl groups is 1. The Labute approximate surface area is 118 Å². The fourth-order valence-corrected chi connectivity index (χ4v) is 2.75. The summed E-state index contributed by atoms with van der Waals surface area (Å²) in [7, 11) is 1.88. The second-order valence-corrected chi connectivity index (χ2v) is 5.88. The Morgan fingerprint density at radius 2 is 2.37 bits per heavy atom. The molecule has 0 bridgehead atoms. The lowest BCUT2D eigenvalue weighted by Crippen LogP contribution is -2.36. The van der Waals surface area contributed by atoms with Crippen molar-refractivity contribution in [3.8, 4) is 11.8 Å². The van der Waals surface area contributed by atoms with Crippen molar-refractivity contribution in [1.82, 2.24) is 4.90 Å². The third-order valence-corrected chi connectivity index (χ3v) is 4.38. The molecule has 3 nitrogen and oxygen atoms in total. The number of hydrogen-bond acceptors (Lipinski definition) is 3. The predicted molar refractivity (Wildman–Crippen MR) is 77.2 cm³/mol. The van der Waals surface area contributed by atoms with Gasteiger partial charge in [0.2, 0.25) is 0 Å². The lowest BCUT2D eigenvalue weighted by Gasteiger charge is -2.24. The van der Waals surface area contributed by atoms with E-state index in [0.717, 1.165) is 4.88 Å². The molecule has 19 heavy (non-hydrogen) atoms. The predicted octanol–water partition coefficient (Wildman–Crippen LogP) is 2.35. The van der Waals surface area contributed by atoms with Gasteiger partial charge in [0.25, 0.3) is 5.91 Å². The van der Waals surface area contributed by atoms with E-state index in [9.17, 15) is 4.79 Å². The molecule has 0 aliphatic heterocycles. The standard InChI is InChI=1S/C15H19NO2S/c1-11(12-6-7-12)16(2)15(18)13-9-14(19-10-13)5-3-4-8-17/h9-12,17H,4,6-8H2,1-2H3. The van der Waals surface area contributed by atoms with Gasteiger partial charge in [-0.3, -0.25) is 4.79 Å². The summed E-state index contributed by atoms with van der Waals surface area (Å²) >= 11 is 1.48. The Bertz CT molecular complexity index is 508. The van der Waals surface area contributed by atoms with Crippen LogP contribution in [0.15, 0.2) is 11.4 Å². The van der Waals surface area contributed by atoms with E-state index in [4.69, 9.17) is 5.11 Å². The summed E-state index contributed by atoms with van der Waals surface area (Å²) in [5, 5.41) is 10.5. The van der Waals surface area contributed by atoms with Crippen LogP contribution in [0, 0.1) is 17.8 Å². The van der Waals surface area contributed by atoms with Gasteiger partial charge in [-0.15, -0.1) is 11.3 Å². The fraction of sp³-hybridized carbons (Fsp3) is 0.533. The van der Waals surface area contributed by atoms with Crippen LogP contribution in [0.4, 0.5) is 0 Å².